The summed E-state index contributed by atoms with van der Waals surface area (Å²) >= 11 is 1.46. The van der Waals surface area contributed by atoms with Crippen molar-refractivity contribution in [3.05, 3.63) is 5.89 Å². The molecule has 0 spiro atoms. The van der Waals surface area contributed by atoms with Crippen molar-refractivity contribution in [2.75, 3.05) is 38.6 Å². The number of rotatable bonds is 11. The Morgan fingerprint density at radius 1 is 1.19 bits per heavy atom. The number of amides is 1. The molecule has 1 aromatic rings. The Hall–Kier alpha value is -1.45. The van der Waals surface area contributed by atoms with E-state index >= 15 is 0 Å². The van der Waals surface area contributed by atoms with Gasteiger partial charge >= 0.3 is 0 Å². The van der Waals surface area contributed by atoms with Crippen molar-refractivity contribution in [1.82, 2.24) is 20.0 Å². The van der Waals surface area contributed by atoms with E-state index in [0.717, 1.165) is 70.7 Å². The van der Waals surface area contributed by atoms with Crippen molar-refractivity contribution in [2.45, 2.75) is 76.1 Å². The van der Waals surface area contributed by atoms with Crippen molar-refractivity contribution >= 4 is 24.0 Å². The molecule has 1 aliphatic carbocycles. The van der Waals surface area contributed by atoms with E-state index in [2.05, 4.69) is 28.9 Å². The minimum absolute atomic E-state index is 0.0139. The molecule has 1 saturated heterocycles. The first-order valence-corrected chi connectivity index (χ1v) is 12.6. The predicted molar refractivity (Wildman–Crippen MR) is 119 cm³/mol. The van der Waals surface area contributed by atoms with Crippen molar-refractivity contribution in [2.24, 2.45) is 5.92 Å². The number of morpholine rings is 1. The fourth-order valence-corrected chi connectivity index (χ4v) is 5.14. The molecule has 1 aromatic heterocycles. The van der Waals surface area contributed by atoms with E-state index in [1.807, 2.05) is 0 Å². The summed E-state index contributed by atoms with van der Waals surface area (Å²) in [5.74, 6) is 0.860. The van der Waals surface area contributed by atoms with Gasteiger partial charge in [-0.2, -0.15) is 0 Å². The van der Waals surface area contributed by atoms with Crippen LogP contribution in [-0.4, -0.2) is 82.9 Å². The average Bonchev–Trinajstić information content (AvgIpc) is 3.08. The molecule has 3 rings (SSSR count). The predicted octanol–water partition coefficient (Wildman–Crippen LogP) is 3.27. The van der Waals surface area contributed by atoms with E-state index in [1.165, 1.54) is 24.6 Å². The van der Waals surface area contributed by atoms with E-state index in [9.17, 15) is 9.59 Å². The third kappa shape index (κ3) is 7.29. The number of thioether (sulfide) groups is 1. The molecule has 0 aromatic carbocycles. The van der Waals surface area contributed by atoms with Crippen LogP contribution in [0.25, 0.3) is 0 Å². The quantitative estimate of drug-likeness (QED) is 0.219. The molecule has 8 nitrogen and oxygen atoms in total. The molecule has 174 valence electrons. The third-order valence-electron chi connectivity index (χ3n) is 6.08. The molecule has 0 bridgehead atoms. The molecular weight excluding hydrogens is 416 g/mol. The summed E-state index contributed by atoms with van der Waals surface area (Å²) < 4.78 is 11.1. The van der Waals surface area contributed by atoms with E-state index in [-0.39, 0.29) is 23.6 Å². The van der Waals surface area contributed by atoms with Crippen LogP contribution in [0.1, 0.15) is 69.5 Å². The molecule has 0 unspecified atom stereocenters. The van der Waals surface area contributed by atoms with E-state index in [0.29, 0.717) is 11.6 Å². The Bertz CT molecular complexity index is 685. The van der Waals surface area contributed by atoms with Crippen LogP contribution in [0.15, 0.2) is 9.64 Å². The highest BCUT2D eigenvalue weighted by Gasteiger charge is 2.34. The lowest BCUT2D eigenvalue weighted by atomic mass is 9.95. The molecule has 2 heterocycles. The van der Waals surface area contributed by atoms with Crippen LogP contribution >= 0.6 is 11.8 Å². The summed E-state index contributed by atoms with van der Waals surface area (Å²) in [6.07, 6.45) is 7.94. The van der Waals surface area contributed by atoms with Crippen LogP contribution in [0.5, 0.6) is 0 Å². The maximum absolute atomic E-state index is 13.3. The summed E-state index contributed by atoms with van der Waals surface area (Å²) in [7, 11) is 0. The van der Waals surface area contributed by atoms with Crippen LogP contribution in [0.3, 0.4) is 0 Å². The van der Waals surface area contributed by atoms with Gasteiger partial charge in [-0.25, -0.2) is 0 Å². The molecule has 1 atom stereocenters. The molecule has 0 radical (unpaired) electrons. The first-order valence-electron chi connectivity index (χ1n) is 11.6. The highest BCUT2D eigenvalue weighted by Crippen LogP contribution is 2.27. The Balaban J connectivity index is 1.62. The Labute approximate surface area is 189 Å². The zero-order chi connectivity index (χ0) is 22.1. The maximum atomic E-state index is 13.3. The Morgan fingerprint density at radius 3 is 2.55 bits per heavy atom. The normalized spacial score (nSPS) is 19.8. The number of nitrogens with zero attached hydrogens (tertiary/aromatic N) is 4. The van der Waals surface area contributed by atoms with Gasteiger partial charge in [0.25, 0.3) is 11.1 Å². The largest absolute Gasteiger partial charge is 0.408 e. The second-order valence-corrected chi connectivity index (χ2v) is 9.93. The van der Waals surface area contributed by atoms with Crippen molar-refractivity contribution in [3.63, 3.8) is 0 Å². The number of hydrogen-bond acceptors (Lipinski definition) is 8. The molecule has 1 amide bonds. The standard InChI is InChI=1S/C22H36N4O4S/c1-17(2)15-19(26(16-27)18-7-5-3-4-6-8-18)20(28)21-23-24-22(30-21)31-14-11-25-9-12-29-13-10-25/h16-19H,3-15H2,1-2H3/t19-/m0/s1. The van der Waals surface area contributed by atoms with Gasteiger partial charge in [0.1, 0.15) is 6.04 Å². The van der Waals surface area contributed by atoms with Gasteiger partial charge in [-0.15, -0.1) is 10.2 Å². The van der Waals surface area contributed by atoms with E-state index in [1.54, 1.807) is 4.90 Å². The minimum atomic E-state index is -0.549. The number of hydrogen-bond donors (Lipinski definition) is 0. The molecule has 1 saturated carbocycles. The summed E-state index contributed by atoms with van der Waals surface area (Å²) in [5.41, 5.74) is 0. The molecule has 9 heteroatoms. The monoisotopic (exact) mass is 452 g/mol. The number of Topliss-reactive ketones (excluding diaryl/α,β-unsaturated/α-hetero) is 1. The smallest absolute Gasteiger partial charge is 0.286 e. The minimum Gasteiger partial charge on any atom is -0.408 e. The summed E-state index contributed by atoms with van der Waals surface area (Å²) in [6, 6.07) is -0.440. The fourth-order valence-electron chi connectivity index (χ4n) is 4.38. The highest BCUT2D eigenvalue weighted by molar-refractivity contribution is 7.99. The van der Waals surface area contributed by atoms with Crippen LogP contribution in [0.2, 0.25) is 0 Å². The van der Waals surface area contributed by atoms with Crippen LogP contribution in [-0.2, 0) is 9.53 Å². The summed E-state index contributed by atoms with van der Waals surface area (Å²) in [6.45, 7) is 8.47. The lowest BCUT2D eigenvalue weighted by Gasteiger charge is -2.34. The van der Waals surface area contributed by atoms with Gasteiger partial charge in [0.05, 0.1) is 13.2 Å². The SMILES string of the molecule is CC(C)C[C@@H](C(=O)c1nnc(SCCN2CCOCC2)o1)N(C=O)C1CCCCCC1. The van der Waals surface area contributed by atoms with E-state index in [4.69, 9.17) is 9.15 Å². The van der Waals surface area contributed by atoms with Gasteiger partial charge in [-0.05, 0) is 25.2 Å². The number of carbonyl (C=O) groups excluding carboxylic acids is 2. The molecule has 2 aliphatic rings. The lowest BCUT2D eigenvalue weighted by molar-refractivity contribution is -0.122. The number of carbonyl (C=O) groups is 2. The molecular formula is C22H36N4O4S. The second kappa shape index (κ2) is 12.6. The van der Waals surface area contributed by atoms with Gasteiger partial charge < -0.3 is 14.1 Å². The average molecular weight is 453 g/mol. The molecule has 0 N–H and O–H groups in total. The van der Waals surface area contributed by atoms with Gasteiger partial charge in [0.2, 0.25) is 12.2 Å². The Morgan fingerprint density at radius 2 is 1.90 bits per heavy atom. The van der Waals surface area contributed by atoms with Crippen LogP contribution < -0.4 is 0 Å². The zero-order valence-electron chi connectivity index (χ0n) is 18.8. The Kier molecular flexibility index (Phi) is 9.80. The van der Waals surface area contributed by atoms with Crippen LogP contribution in [0, 0.1) is 5.92 Å². The molecule has 1 aliphatic heterocycles. The maximum Gasteiger partial charge on any atom is 0.286 e. The van der Waals surface area contributed by atoms with Gasteiger partial charge in [0, 0.05) is 31.4 Å². The van der Waals surface area contributed by atoms with Crippen molar-refractivity contribution in [1.29, 1.82) is 0 Å². The number of ketones is 1. The fraction of sp³-hybridized carbons (Fsp3) is 0.818. The third-order valence-corrected chi connectivity index (χ3v) is 6.88. The highest BCUT2D eigenvalue weighted by atomic mass is 32.2. The molecule has 31 heavy (non-hydrogen) atoms. The molecule has 2 fully saturated rings. The van der Waals surface area contributed by atoms with E-state index < -0.39 is 6.04 Å². The topological polar surface area (TPSA) is 88.8 Å². The van der Waals surface area contributed by atoms with Crippen molar-refractivity contribution in [3.8, 4) is 0 Å². The van der Waals surface area contributed by atoms with Gasteiger partial charge in [-0.3, -0.25) is 14.5 Å². The first kappa shape index (κ1) is 24.2. The summed E-state index contributed by atoms with van der Waals surface area (Å²) in [4.78, 5) is 29.5. The van der Waals surface area contributed by atoms with Crippen LogP contribution in [0.4, 0.5) is 0 Å². The second-order valence-electron chi connectivity index (χ2n) is 8.88. The number of aromatic nitrogens is 2. The van der Waals surface area contributed by atoms with Gasteiger partial charge in [-0.1, -0.05) is 51.3 Å². The summed E-state index contributed by atoms with van der Waals surface area (Å²) in [5, 5.41) is 8.51. The lowest BCUT2D eigenvalue weighted by Crippen LogP contribution is -2.47. The number of ether oxygens (including phenoxy) is 1. The zero-order valence-corrected chi connectivity index (χ0v) is 19.6. The van der Waals surface area contributed by atoms with Crippen molar-refractivity contribution < 1.29 is 18.7 Å². The van der Waals surface area contributed by atoms with Gasteiger partial charge in [0.15, 0.2) is 0 Å². The first-order chi connectivity index (χ1) is 15.1.